The van der Waals surface area contributed by atoms with Crippen LogP contribution < -0.4 is 4.90 Å². The third kappa shape index (κ3) is 3.76. The summed E-state index contributed by atoms with van der Waals surface area (Å²) in [5, 5.41) is 7.58. The molecule has 0 aliphatic carbocycles. The quantitative estimate of drug-likeness (QED) is 0.278. The molecule has 0 saturated heterocycles. The molecule has 0 fully saturated rings. The van der Waals surface area contributed by atoms with E-state index >= 15 is 0 Å². The van der Waals surface area contributed by atoms with E-state index in [1.807, 2.05) is 12.3 Å². The first-order chi connectivity index (χ1) is 17.6. The molecule has 36 heavy (non-hydrogen) atoms. The summed E-state index contributed by atoms with van der Waals surface area (Å²) in [5.41, 5.74) is 9.19. The fourth-order valence-electron chi connectivity index (χ4n) is 5.27. The van der Waals surface area contributed by atoms with Crippen molar-refractivity contribution in [1.29, 1.82) is 0 Å². The maximum Gasteiger partial charge on any atom is 0.225 e. The van der Waals surface area contributed by atoms with Crippen LogP contribution in [0, 0.1) is 0 Å². The largest absolute Gasteiger partial charge is 0.360 e. The van der Waals surface area contributed by atoms with E-state index in [-0.39, 0.29) is 0 Å². The van der Waals surface area contributed by atoms with Crippen molar-refractivity contribution in [2.75, 3.05) is 11.4 Å². The van der Waals surface area contributed by atoms with Crippen LogP contribution in [0.1, 0.15) is 36.2 Å². The molecule has 8 heteroatoms. The van der Waals surface area contributed by atoms with E-state index in [2.05, 4.69) is 68.7 Å². The SMILES string of the molecule is CCc1cccc(CC)c1-n1nc2c(c1-c1ccc(Cl)c3[nH]ccc13)CN(c1ncc(Cl)cn1)CC2. The van der Waals surface area contributed by atoms with Crippen LogP contribution in [0.5, 0.6) is 0 Å². The first kappa shape index (κ1) is 23.1. The number of benzene rings is 2. The molecule has 0 spiro atoms. The first-order valence-electron chi connectivity index (χ1n) is 12.3. The van der Waals surface area contributed by atoms with Crippen molar-refractivity contribution in [3.63, 3.8) is 0 Å². The second kappa shape index (κ2) is 9.26. The number of aromatic amines is 1. The van der Waals surface area contributed by atoms with E-state index < -0.39 is 0 Å². The zero-order chi connectivity index (χ0) is 24.8. The number of hydrogen-bond acceptors (Lipinski definition) is 4. The zero-order valence-electron chi connectivity index (χ0n) is 20.2. The minimum absolute atomic E-state index is 0.532. The summed E-state index contributed by atoms with van der Waals surface area (Å²) < 4.78 is 2.18. The number of para-hydroxylation sites is 1. The molecule has 6 rings (SSSR count). The first-order valence-corrected chi connectivity index (χ1v) is 13.0. The van der Waals surface area contributed by atoms with Gasteiger partial charge in [0.2, 0.25) is 5.95 Å². The molecule has 6 nitrogen and oxygen atoms in total. The molecule has 1 aliphatic rings. The van der Waals surface area contributed by atoms with Crippen LogP contribution in [0.2, 0.25) is 10.0 Å². The number of nitrogens with zero attached hydrogens (tertiary/aromatic N) is 5. The lowest BCUT2D eigenvalue weighted by molar-refractivity contribution is 0.694. The van der Waals surface area contributed by atoms with Crippen molar-refractivity contribution in [1.82, 2.24) is 24.7 Å². The van der Waals surface area contributed by atoms with Crippen molar-refractivity contribution in [2.45, 2.75) is 39.7 Å². The molecule has 3 aromatic heterocycles. The second-order valence-electron chi connectivity index (χ2n) is 9.05. The van der Waals surface area contributed by atoms with Crippen LogP contribution in [0.15, 0.2) is 55.0 Å². The number of rotatable bonds is 5. The number of fused-ring (bicyclic) bond motifs is 2. The Morgan fingerprint density at radius 1 is 0.972 bits per heavy atom. The number of H-pyrrole nitrogens is 1. The predicted molar refractivity (Wildman–Crippen MR) is 146 cm³/mol. The van der Waals surface area contributed by atoms with E-state index in [4.69, 9.17) is 28.3 Å². The van der Waals surface area contributed by atoms with E-state index in [0.29, 0.717) is 22.5 Å². The summed E-state index contributed by atoms with van der Waals surface area (Å²) in [4.78, 5) is 14.5. The lowest BCUT2D eigenvalue weighted by atomic mass is 9.97. The average molecular weight is 517 g/mol. The van der Waals surface area contributed by atoms with Gasteiger partial charge in [-0.3, -0.25) is 0 Å². The van der Waals surface area contributed by atoms with Crippen LogP contribution in [0.3, 0.4) is 0 Å². The zero-order valence-corrected chi connectivity index (χ0v) is 21.7. The van der Waals surface area contributed by atoms with Gasteiger partial charge >= 0.3 is 0 Å². The number of hydrogen-bond donors (Lipinski definition) is 1. The topological polar surface area (TPSA) is 62.6 Å². The van der Waals surface area contributed by atoms with Gasteiger partial charge in [0.05, 0.1) is 45.0 Å². The van der Waals surface area contributed by atoms with Crippen molar-refractivity contribution in [2.24, 2.45) is 0 Å². The van der Waals surface area contributed by atoms with Gasteiger partial charge in [-0.1, -0.05) is 61.3 Å². The van der Waals surface area contributed by atoms with Gasteiger partial charge in [0.15, 0.2) is 0 Å². The molecule has 182 valence electrons. The summed E-state index contributed by atoms with van der Waals surface area (Å²) in [6.07, 6.45) is 7.91. The highest BCUT2D eigenvalue weighted by atomic mass is 35.5. The highest BCUT2D eigenvalue weighted by Crippen LogP contribution is 2.40. The number of nitrogens with one attached hydrogen (secondary N) is 1. The summed E-state index contributed by atoms with van der Waals surface area (Å²) in [6.45, 7) is 5.86. The molecule has 4 heterocycles. The molecule has 0 saturated carbocycles. The Hall–Kier alpha value is -3.35. The lowest BCUT2D eigenvalue weighted by Crippen LogP contribution is -2.31. The Morgan fingerprint density at radius 3 is 2.44 bits per heavy atom. The Labute approximate surface area is 219 Å². The average Bonchev–Trinajstić information content (AvgIpc) is 3.54. The monoisotopic (exact) mass is 516 g/mol. The Balaban J connectivity index is 1.61. The summed E-state index contributed by atoms with van der Waals surface area (Å²) in [5.74, 6) is 0.676. The molecular weight excluding hydrogens is 491 g/mol. The molecule has 0 atom stereocenters. The summed E-state index contributed by atoms with van der Waals surface area (Å²) >= 11 is 12.6. The maximum atomic E-state index is 6.55. The molecule has 5 aromatic rings. The second-order valence-corrected chi connectivity index (χ2v) is 9.90. The third-order valence-electron chi connectivity index (χ3n) is 7.03. The lowest BCUT2D eigenvalue weighted by Gasteiger charge is -2.27. The maximum absolute atomic E-state index is 6.55. The number of halogens is 2. The molecule has 2 aromatic carbocycles. The molecular formula is C28H26Cl2N6. The van der Waals surface area contributed by atoms with E-state index in [1.54, 1.807) is 12.4 Å². The normalized spacial score (nSPS) is 13.4. The number of aromatic nitrogens is 5. The van der Waals surface area contributed by atoms with Gasteiger partial charge in [0, 0.05) is 42.2 Å². The van der Waals surface area contributed by atoms with Crippen molar-refractivity contribution in [3.8, 4) is 16.9 Å². The number of anilines is 1. The third-order valence-corrected chi connectivity index (χ3v) is 7.54. The minimum atomic E-state index is 0.532. The van der Waals surface area contributed by atoms with E-state index in [0.717, 1.165) is 53.7 Å². The van der Waals surface area contributed by atoms with Gasteiger partial charge in [-0.15, -0.1) is 0 Å². The van der Waals surface area contributed by atoms with Gasteiger partial charge < -0.3 is 9.88 Å². The van der Waals surface area contributed by atoms with Crippen molar-refractivity contribution in [3.05, 3.63) is 87.4 Å². The standard InChI is InChI=1S/C28H26Cl2N6/c1-3-17-6-5-7-18(4-2)26(17)36-27(21-8-9-23(30)25-20(21)10-12-31-25)22-16-35(13-11-24(22)34-36)28-32-14-19(29)15-33-28/h5-10,12,14-15,31H,3-4,11,13,16H2,1-2H3. The molecule has 0 radical (unpaired) electrons. The Kier molecular flexibility index (Phi) is 5.94. The smallest absolute Gasteiger partial charge is 0.225 e. The van der Waals surface area contributed by atoms with Gasteiger partial charge in [0.25, 0.3) is 0 Å². The molecule has 0 unspecified atom stereocenters. The predicted octanol–water partition coefficient (Wildman–Crippen LogP) is 6.80. The van der Waals surface area contributed by atoms with Gasteiger partial charge in [-0.25, -0.2) is 14.6 Å². The van der Waals surface area contributed by atoms with Crippen LogP contribution >= 0.6 is 23.2 Å². The fraction of sp³-hybridized carbons (Fsp3) is 0.250. The van der Waals surface area contributed by atoms with Gasteiger partial charge in [-0.05, 0) is 36.1 Å². The number of aryl methyl sites for hydroxylation is 2. The van der Waals surface area contributed by atoms with Crippen molar-refractivity contribution >= 4 is 40.1 Å². The van der Waals surface area contributed by atoms with E-state index in [9.17, 15) is 0 Å². The van der Waals surface area contributed by atoms with Gasteiger partial charge in [0.1, 0.15) is 0 Å². The molecule has 0 amide bonds. The minimum Gasteiger partial charge on any atom is -0.360 e. The fourth-order valence-corrected chi connectivity index (χ4v) is 5.58. The Bertz CT molecular complexity index is 1550. The highest BCUT2D eigenvalue weighted by molar-refractivity contribution is 6.35. The van der Waals surface area contributed by atoms with Crippen molar-refractivity contribution < 1.29 is 0 Å². The van der Waals surface area contributed by atoms with Crippen LogP contribution in [0.4, 0.5) is 5.95 Å². The highest BCUT2D eigenvalue weighted by Gasteiger charge is 2.29. The molecule has 1 aliphatic heterocycles. The molecule has 1 N–H and O–H groups in total. The summed E-state index contributed by atoms with van der Waals surface area (Å²) in [7, 11) is 0. The van der Waals surface area contributed by atoms with Crippen LogP contribution in [0.25, 0.3) is 27.8 Å². The Morgan fingerprint density at radius 2 is 1.72 bits per heavy atom. The summed E-state index contributed by atoms with van der Waals surface area (Å²) in [6, 6.07) is 12.7. The van der Waals surface area contributed by atoms with Gasteiger partial charge in [-0.2, -0.15) is 5.10 Å². The van der Waals surface area contributed by atoms with Crippen LogP contribution in [-0.4, -0.2) is 31.3 Å². The van der Waals surface area contributed by atoms with E-state index in [1.165, 1.54) is 22.4 Å². The molecule has 0 bridgehead atoms. The van der Waals surface area contributed by atoms with Crippen LogP contribution in [-0.2, 0) is 25.8 Å².